The van der Waals surface area contributed by atoms with Crippen LogP contribution in [0.1, 0.15) is 22.0 Å². The maximum Gasteiger partial charge on any atom is 0.254 e. The molecule has 0 N–H and O–H groups in total. The summed E-state index contributed by atoms with van der Waals surface area (Å²) in [6.45, 7) is 1.42. The monoisotopic (exact) mass is 319 g/mol. The summed E-state index contributed by atoms with van der Waals surface area (Å²) < 4.78 is 18.7. The predicted octanol–water partition coefficient (Wildman–Crippen LogP) is 3.69. The van der Waals surface area contributed by atoms with Crippen LogP contribution in [0.3, 0.4) is 0 Å². The first-order valence-corrected chi connectivity index (χ1v) is 7.43. The van der Waals surface area contributed by atoms with E-state index >= 15 is 0 Å². The lowest BCUT2D eigenvalue weighted by atomic mass is 10.1. The highest BCUT2D eigenvalue weighted by atomic mass is 35.5. The van der Waals surface area contributed by atoms with Gasteiger partial charge >= 0.3 is 0 Å². The average molecular weight is 320 g/mol. The van der Waals surface area contributed by atoms with Gasteiger partial charge in [0.05, 0.1) is 13.2 Å². The molecule has 1 fully saturated rings. The maximum atomic E-state index is 13.0. The van der Waals surface area contributed by atoms with Crippen LogP contribution >= 0.6 is 11.6 Å². The fraction of sp³-hybridized carbons (Fsp3) is 0.235. The number of hydrogen-bond donors (Lipinski definition) is 0. The first kappa shape index (κ1) is 15.0. The molecule has 2 aromatic carbocycles. The molecule has 3 rings (SSSR count). The zero-order valence-electron chi connectivity index (χ0n) is 11.8. The van der Waals surface area contributed by atoms with Crippen molar-refractivity contribution in [1.82, 2.24) is 4.90 Å². The van der Waals surface area contributed by atoms with Gasteiger partial charge in [-0.05, 0) is 35.9 Å². The average Bonchev–Trinajstić information content (AvgIpc) is 2.55. The summed E-state index contributed by atoms with van der Waals surface area (Å²) in [5, 5.41) is 0.536. The lowest BCUT2D eigenvalue weighted by Gasteiger charge is -2.33. The number of rotatable bonds is 2. The number of halogens is 2. The lowest BCUT2D eigenvalue weighted by molar-refractivity contribution is -0.0228. The molecule has 1 aliphatic rings. The van der Waals surface area contributed by atoms with Gasteiger partial charge in [-0.15, -0.1) is 0 Å². The molecule has 0 saturated carbocycles. The highest BCUT2D eigenvalue weighted by Gasteiger charge is 2.26. The third kappa shape index (κ3) is 3.29. The molecule has 0 aliphatic carbocycles. The van der Waals surface area contributed by atoms with E-state index in [9.17, 15) is 9.18 Å². The minimum absolute atomic E-state index is 0.0714. The molecule has 3 nitrogen and oxygen atoms in total. The molecular formula is C17H15ClFNO2. The molecule has 1 saturated heterocycles. The van der Waals surface area contributed by atoms with Crippen LogP contribution in [0.4, 0.5) is 4.39 Å². The molecule has 22 heavy (non-hydrogen) atoms. The van der Waals surface area contributed by atoms with Gasteiger partial charge in [-0.1, -0.05) is 29.8 Å². The summed E-state index contributed by atoms with van der Waals surface area (Å²) in [6, 6.07) is 13.1. The summed E-state index contributed by atoms with van der Waals surface area (Å²) in [4.78, 5) is 14.3. The number of morpholine rings is 1. The van der Waals surface area contributed by atoms with E-state index in [1.165, 1.54) is 12.1 Å². The smallest absolute Gasteiger partial charge is 0.254 e. The van der Waals surface area contributed by atoms with Gasteiger partial charge in [-0.3, -0.25) is 4.79 Å². The highest BCUT2D eigenvalue weighted by molar-refractivity contribution is 6.30. The molecule has 0 radical (unpaired) electrons. The van der Waals surface area contributed by atoms with E-state index in [1.54, 1.807) is 41.3 Å². The molecule has 2 aromatic rings. The van der Waals surface area contributed by atoms with Gasteiger partial charge < -0.3 is 9.64 Å². The number of hydrogen-bond acceptors (Lipinski definition) is 2. The van der Waals surface area contributed by atoms with Crippen LogP contribution in [-0.2, 0) is 4.74 Å². The molecule has 1 heterocycles. The Labute approximate surface area is 133 Å². The minimum Gasteiger partial charge on any atom is -0.370 e. The molecule has 1 atom stereocenters. The quantitative estimate of drug-likeness (QED) is 0.845. The first-order valence-electron chi connectivity index (χ1n) is 7.05. The summed E-state index contributed by atoms with van der Waals surface area (Å²) >= 11 is 5.94. The van der Waals surface area contributed by atoms with Crippen molar-refractivity contribution in [2.75, 3.05) is 19.7 Å². The van der Waals surface area contributed by atoms with Crippen LogP contribution in [0.15, 0.2) is 48.5 Å². The fourth-order valence-electron chi connectivity index (χ4n) is 2.52. The van der Waals surface area contributed by atoms with E-state index in [0.717, 1.165) is 5.56 Å². The zero-order chi connectivity index (χ0) is 15.5. The van der Waals surface area contributed by atoms with E-state index in [4.69, 9.17) is 16.3 Å². The molecule has 0 spiro atoms. The zero-order valence-corrected chi connectivity index (χ0v) is 12.6. The van der Waals surface area contributed by atoms with Crippen LogP contribution in [0.2, 0.25) is 5.02 Å². The minimum atomic E-state index is -0.286. The molecule has 1 unspecified atom stereocenters. The van der Waals surface area contributed by atoms with Crippen molar-refractivity contribution in [2.24, 2.45) is 0 Å². The second-order valence-electron chi connectivity index (χ2n) is 5.17. The topological polar surface area (TPSA) is 29.5 Å². The highest BCUT2D eigenvalue weighted by Crippen LogP contribution is 2.24. The Morgan fingerprint density at radius 2 is 2.00 bits per heavy atom. The van der Waals surface area contributed by atoms with E-state index in [0.29, 0.717) is 30.3 Å². The standard InChI is InChI=1S/C17H15ClFNO2/c18-14-3-1-2-13(10-14)17(21)20-8-9-22-16(11-20)12-4-6-15(19)7-5-12/h1-7,10,16H,8-9,11H2. The van der Waals surface area contributed by atoms with Crippen LogP contribution in [0.5, 0.6) is 0 Å². The SMILES string of the molecule is O=C(c1cccc(Cl)c1)N1CCOC(c2ccc(F)cc2)C1. The Kier molecular flexibility index (Phi) is 4.41. The summed E-state index contributed by atoms with van der Waals surface area (Å²) in [5.74, 6) is -0.357. The number of carbonyl (C=O) groups is 1. The number of carbonyl (C=O) groups excluding carboxylic acids is 1. The largest absolute Gasteiger partial charge is 0.370 e. The van der Waals surface area contributed by atoms with Gasteiger partial charge in [-0.25, -0.2) is 4.39 Å². The van der Waals surface area contributed by atoms with Gasteiger partial charge in [0.2, 0.25) is 0 Å². The van der Waals surface area contributed by atoms with E-state index in [1.807, 2.05) is 0 Å². The van der Waals surface area contributed by atoms with Gasteiger partial charge in [-0.2, -0.15) is 0 Å². The normalized spacial score (nSPS) is 18.3. The molecule has 1 amide bonds. The van der Waals surface area contributed by atoms with Gasteiger partial charge in [0.1, 0.15) is 11.9 Å². The molecule has 0 bridgehead atoms. The Balaban J connectivity index is 1.75. The van der Waals surface area contributed by atoms with Crippen molar-refractivity contribution in [2.45, 2.75) is 6.10 Å². The number of benzene rings is 2. The first-order chi connectivity index (χ1) is 10.6. The lowest BCUT2D eigenvalue weighted by Crippen LogP contribution is -2.42. The molecular weight excluding hydrogens is 305 g/mol. The molecule has 1 aliphatic heterocycles. The van der Waals surface area contributed by atoms with Crippen molar-refractivity contribution in [3.8, 4) is 0 Å². The van der Waals surface area contributed by atoms with Crippen LogP contribution in [0, 0.1) is 5.82 Å². The molecule has 5 heteroatoms. The van der Waals surface area contributed by atoms with Crippen molar-refractivity contribution in [1.29, 1.82) is 0 Å². The number of amides is 1. The third-order valence-corrected chi connectivity index (χ3v) is 3.90. The summed E-state index contributed by atoms with van der Waals surface area (Å²) in [6.07, 6.45) is -0.238. The fourth-order valence-corrected chi connectivity index (χ4v) is 2.71. The Hall–Kier alpha value is -1.91. The second kappa shape index (κ2) is 6.46. The molecule has 114 valence electrons. The molecule has 0 aromatic heterocycles. The van der Waals surface area contributed by atoms with Gasteiger partial charge in [0.25, 0.3) is 5.91 Å². The van der Waals surface area contributed by atoms with Crippen LogP contribution < -0.4 is 0 Å². The number of ether oxygens (including phenoxy) is 1. The van der Waals surface area contributed by atoms with E-state index < -0.39 is 0 Å². The van der Waals surface area contributed by atoms with Gasteiger partial charge in [0.15, 0.2) is 0 Å². The number of nitrogens with zero attached hydrogens (tertiary/aromatic N) is 1. The Bertz CT molecular complexity index is 675. The third-order valence-electron chi connectivity index (χ3n) is 3.67. The predicted molar refractivity (Wildman–Crippen MR) is 82.4 cm³/mol. The Morgan fingerprint density at radius 3 is 2.73 bits per heavy atom. The maximum absolute atomic E-state index is 13.0. The van der Waals surface area contributed by atoms with E-state index in [2.05, 4.69) is 0 Å². The van der Waals surface area contributed by atoms with Crippen LogP contribution in [0.25, 0.3) is 0 Å². The van der Waals surface area contributed by atoms with Crippen molar-refractivity contribution >= 4 is 17.5 Å². The van der Waals surface area contributed by atoms with Crippen molar-refractivity contribution in [3.05, 3.63) is 70.5 Å². The van der Waals surface area contributed by atoms with Crippen molar-refractivity contribution < 1.29 is 13.9 Å². The van der Waals surface area contributed by atoms with Crippen molar-refractivity contribution in [3.63, 3.8) is 0 Å². The summed E-state index contributed by atoms with van der Waals surface area (Å²) in [5.41, 5.74) is 1.43. The second-order valence-corrected chi connectivity index (χ2v) is 5.61. The van der Waals surface area contributed by atoms with Gasteiger partial charge in [0, 0.05) is 17.1 Å². The Morgan fingerprint density at radius 1 is 1.23 bits per heavy atom. The van der Waals surface area contributed by atoms with Crippen LogP contribution in [-0.4, -0.2) is 30.5 Å². The summed E-state index contributed by atoms with van der Waals surface area (Å²) in [7, 11) is 0. The van der Waals surface area contributed by atoms with E-state index in [-0.39, 0.29) is 17.8 Å².